The van der Waals surface area contributed by atoms with Crippen LogP contribution in [-0.4, -0.2) is 24.6 Å². The Labute approximate surface area is 96.1 Å². The molecule has 3 heteroatoms. The maximum absolute atomic E-state index is 11.2. The molecule has 2 aliphatic rings. The number of carbonyl (C=O) groups is 1. The first-order valence-electron chi connectivity index (χ1n) is 5.89. The van der Waals surface area contributed by atoms with Gasteiger partial charge in [-0.15, -0.1) is 0 Å². The minimum atomic E-state index is -0.0321. The molecule has 0 heterocycles. The highest BCUT2D eigenvalue weighted by Crippen LogP contribution is 2.51. The molecule has 0 saturated heterocycles. The normalized spacial score (nSPS) is 22.5. The lowest BCUT2D eigenvalue weighted by molar-refractivity contribution is -0.141. The van der Waals surface area contributed by atoms with E-state index < -0.39 is 0 Å². The zero-order valence-electron chi connectivity index (χ0n) is 9.46. The highest BCUT2D eigenvalue weighted by Gasteiger charge is 2.44. The van der Waals surface area contributed by atoms with Gasteiger partial charge in [0.05, 0.1) is 13.5 Å². The second-order valence-corrected chi connectivity index (χ2v) is 6.14. The van der Waals surface area contributed by atoms with Crippen LogP contribution in [0, 0.1) is 11.3 Å². The second kappa shape index (κ2) is 4.77. The maximum Gasteiger partial charge on any atom is 0.306 e. The molecule has 2 nitrogen and oxygen atoms in total. The summed E-state index contributed by atoms with van der Waals surface area (Å²) < 4.78 is 4.73. The predicted octanol–water partition coefficient (Wildman–Crippen LogP) is 2.86. The summed E-state index contributed by atoms with van der Waals surface area (Å²) in [5.41, 5.74) is 0.321. The molecular formula is C12H20O2S. The lowest BCUT2D eigenvalue weighted by Crippen LogP contribution is -2.13. The number of esters is 1. The summed E-state index contributed by atoms with van der Waals surface area (Å²) in [4.78, 5) is 11.2. The number of rotatable bonds is 7. The van der Waals surface area contributed by atoms with Crippen LogP contribution in [0.3, 0.4) is 0 Å². The van der Waals surface area contributed by atoms with Crippen molar-refractivity contribution in [3.63, 3.8) is 0 Å². The number of carbonyl (C=O) groups excluding carboxylic acids is 1. The van der Waals surface area contributed by atoms with E-state index in [1.54, 1.807) is 0 Å². The van der Waals surface area contributed by atoms with Crippen LogP contribution in [0.2, 0.25) is 0 Å². The van der Waals surface area contributed by atoms with Crippen LogP contribution in [0.15, 0.2) is 0 Å². The first-order valence-corrected chi connectivity index (χ1v) is 7.04. The molecule has 0 unspecified atom stereocenters. The molecule has 0 amide bonds. The average Bonchev–Trinajstić information content (AvgIpc) is 3.09. The molecule has 0 atom stereocenters. The highest BCUT2D eigenvalue weighted by molar-refractivity contribution is 7.99. The fraction of sp³-hybridized carbons (Fsp3) is 0.917. The van der Waals surface area contributed by atoms with E-state index in [0.29, 0.717) is 11.8 Å². The van der Waals surface area contributed by atoms with Crippen molar-refractivity contribution >= 4 is 17.7 Å². The summed E-state index contributed by atoms with van der Waals surface area (Å²) in [6.45, 7) is 0. The summed E-state index contributed by atoms with van der Waals surface area (Å²) in [5.74, 6) is 3.45. The van der Waals surface area contributed by atoms with Gasteiger partial charge in [-0.1, -0.05) is 12.8 Å². The van der Waals surface area contributed by atoms with Gasteiger partial charge in [-0.25, -0.2) is 0 Å². The van der Waals surface area contributed by atoms with Gasteiger partial charge in [-0.05, 0) is 42.1 Å². The highest BCUT2D eigenvalue weighted by atomic mass is 32.2. The zero-order valence-corrected chi connectivity index (χ0v) is 10.3. The molecule has 0 N–H and O–H groups in total. The molecule has 0 aromatic rings. The molecule has 15 heavy (non-hydrogen) atoms. The lowest BCUT2D eigenvalue weighted by Gasteiger charge is -2.12. The fourth-order valence-electron chi connectivity index (χ4n) is 1.87. The van der Waals surface area contributed by atoms with Crippen LogP contribution in [0.4, 0.5) is 0 Å². The van der Waals surface area contributed by atoms with E-state index in [-0.39, 0.29) is 5.97 Å². The Morgan fingerprint density at radius 2 is 2.20 bits per heavy atom. The van der Waals surface area contributed by atoms with E-state index in [2.05, 4.69) is 0 Å². The minimum Gasteiger partial charge on any atom is -0.469 e. The van der Waals surface area contributed by atoms with Crippen molar-refractivity contribution in [2.75, 3.05) is 18.6 Å². The van der Waals surface area contributed by atoms with Crippen molar-refractivity contribution in [3.05, 3.63) is 0 Å². The van der Waals surface area contributed by atoms with Gasteiger partial charge >= 0.3 is 5.97 Å². The topological polar surface area (TPSA) is 26.3 Å². The van der Waals surface area contributed by atoms with Gasteiger partial charge in [0, 0.05) is 0 Å². The molecule has 2 saturated carbocycles. The smallest absolute Gasteiger partial charge is 0.306 e. The third kappa shape index (κ3) is 3.71. The van der Waals surface area contributed by atoms with Gasteiger partial charge in [-0.3, -0.25) is 4.79 Å². The largest absolute Gasteiger partial charge is 0.469 e. The van der Waals surface area contributed by atoms with Gasteiger partial charge in [0.15, 0.2) is 0 Å². The zero-order chi connectivity index (χ0) is 10.7. The molecule has 0 aliphatic heterocycles. The van der Waals surface area contributed by atoms with Crippen LogP contribution < -0.4 is 0 Å². The Bertz CT molecular complexity index is 232. The second-order valence-electron chi connectivity index (χ2n) is 5.04. The summed E-state index contributed by atoms with van der Waals surface area (Å²) in [6, 6.07) is 0. The number of thioether (sulfide) groups is 1. The Morgan fingerprint density at radius 1 is 1.47 bits per heavy atom. The van der Waals surface area contributed by atoms with Gasteiger partial charge in [-0.2, -0.15) is 11.8 Å². The van der Waals surface area contributed by atoms with Crippen LogP contribution in [-0.2, 0) is 9.53 Å². The molecule has 2 aliphatic carbocycles. The van der Waals surface area contributed by atoms with E-state index in [1.807, 2.05) is 11.8 Å². The van der Waals surface area contributed by atoms with Gasteiger partial charge in [0.25, 0.3) is 0 Å². The molecule has 0 aromatic heterocycles. The van der Waals surface area contributed by atoms with E-state index in [1.165, 1.54) is 45.0 Å². The molecule has 0 spiro atoms. The van der Waals surface area contributed by atoms with E-state index in [4.69, 9.17) is 4.74 Å². The number of hydrogen-bond acceptors (Lipinski definition) is 3. The maximum atomic E-state index is 11.2. The monoisotopic (exact) mass is 228 g/mol. The van der Waals surface area contributed by atoms with Crippen LogP contribution in [0.25, 0.3) is 0 Å². The van der Waals surface area contributed by atoms with Crippen molar-refractivity contribution in [1.82, 2.24) is 0 Å². The Kier molecular flexibility index (Phi) is 3.60. The Morgan fingerprint density at radius 3 is 2.73 bits per heavy atom. The van der Waals surface area contributed by atoms with Crippen molar-refractivity contribution < 1.29 is 9.53 Å². The van der Waals surface area contributed by atoms with Crippen molar-refractivity contribution in [3.8, 4) is 0 Å². The molecule has 2 fully saturated rings. The Balaban J connectivity index is 1.58. The Hall–Kier alpha value is -0.180. The predicted molar refractivity (Wildman–Crippen MR) is 63.0 cm³/mol. The van der Waals surface area contributed by atoms with E-state index in [0.717, 1.165) is 11.7 Å². The van der Waals surface area contributed by atoms with Gasteiger partial charge in [0.1, 0.15) is 0 Å². The van der Waals surface area contributed by atoms with Gasteiger partial charge in [0.2, 0.25) is 0 Å². The minimum absolute atomic E-state index is 0.0321. The first-order chi connectivity index (χ1) is 7.24. The van der Waals surface area contributed by atoms with Crippen LogP contribution >= 0.6 is 11.8 Å². The standard InChI is InChI=1S/C12H20O2S/c1-14-11(13)8-12(5-6-12)9-15-7-4-10-2-3-10/h10H,2-9H2,1H3. The molecular weight excluding hydrogens is 208 g/mol. The molecule has 86 valence electrons. The molecule has 2 rings (SSSR count). The van der Waals surface area contributed by atoms with Crippen molar-refractivity contribution in [1.29, 1.82) is 0 Å². The van der Waals surface area contributed by atoms with E-state index in [9.17, 15) is 4.79 Å². The molecule has 0 bridgehead atoms. The first kappa shape index (κ1) is 11.3. The number of hydrogen-bond donors (Lipinski definition) is 0. The summed E-state index contributed by atoms with van der Waals surface area (Å²) >= 11 is 2.04. The average molecular weight is 228 g/mol. The summed E-state index contributed by atoms with van der Waals surface area (Å²) in [6.07, 6.45) is 7.37. The number of methoxy groups -OCH3 is 1. The van der Waals surface area contributed by atoms with E-state index >= 15 is 0 Å². The van der Waals surface area contributed by atoms with Crippen LogP contribution in [0.1, 0.15) is 38.5 Å². The summed E-state index contributed by atoms with van der Waals surface area (Å²) in [5, 5.41) is 0. The lowest BCUT2D eigenvalue weighted by atomic mass is 10.1. The van der Waals surface area contributed by atoms with Gasteiger partial charge < -0.3 is 4.74 Å². The van der Waals surface area contributed by atoms with Crippen LogP contribution in [0.5, 0.6) is 0 Å². The molecule has 0 radical (unpaired) electrons. The third-order valence-electron chi connectivity index (χ3n) is 3.48. The van der Waals surface area contributed by atoms with Crippen molar-refractivity contribution in [2.45, 2.75) is 38.5 Å². The third-order valence-corrected chi connectivity index (χ3v) is 4.82. The van der Waals surface area contributed by atoms with Crippen molar-refractivity contribution in [2.24, 2.45) is 11.3 Å². The quantitative estimate of drug-likeness (QED) is 0.495. The molecule has 0 aromatic carbocycles. The fourth-order valence-corrected chi connectivity index (χ4v) is 3.34. The SMILES string of the molecule is COC(=O)CC1(CSCCC2CC2)CC1. The summed E-state index contributed by atoms with van der Waals surface area (Å²) in [7, 11) is 1.48. The number of ether oxygens (including phenoxy) is 1.